The summed E-state index contributed by atoms with van der Waals surface area (Å²) in [6, 6.07) is 1.22. The molecule has 1 aliphatic rings. The van der Waals surface area contributed by atoms with Gasteiger partial charge in [-0.1, -0.05) is 0 Å². The molecule has 24 heavy (non-hydrogen) atoms. The molecule has 1 amide bonds. The van der Waals surface area contributed by atoms with E-state index < -0.39 is 41.3 Å². The summed E-state index contributed by atoms with van der Waals surface area (Å²) in [7, 11) is 0. The Kier molecular flexibility index (Phi) is 5.12. The van der Waals surface area contributed by atoms with Crippen LogP contribution in [-0.4, -0.2) is 24.7 Å². The first-order valence-electron chi connectivity index (χ1n) is 7.21. The molecule has 0 saturated carbocycles. The molecule has 1 aliphatic heterocycles. The van der Waals surface area contributed by atoms with Gasteiger partial charge in [-0.2, -0.15) is 13.2 Å². The smallest absolute Gasteiger partial charge is 0.351 e. The second kappa shape index (κ2) is 6.62. The highest BCUT2D eigenvalue weighted by Crippen LogP contribution is 2.35. The molecule has 2 atom stereocenters. The van der Waals surface area contributed by atoms with E-state index in [1.807, 2.05) is 0 Å². The summed E-state index contributed by atoms with van der Waals surface area (Å²) in [5, 5.41) is 4.97. The molecule has 9 heteroatoms. The molecule has 3 nitrogen and oxygen atoms in total. The summed E-state index contributed by atoms with van der Waals surface area (Å²) in [5.74, 6) is -4.04. The summed E-state index contributed by atoms with van der Waals surface area (Å²) in [6.45, 7) is 0.156. The molecule has 2 N–H and O–H groups in total. The number of hydrogen-bond donors (Lipinski definition) is 2. The minimum atomic E-state index is -4.78. The van der Waals surface area contributed by atoms with Crippen molar-refractivity contribution < 1.29 is 31.1 Å². The van der Waals surface area contributed by atoms with Crippen LogP contribution in [0.2, 0.25) is 0 Å². The maximum absolute atomic E-state index is 13.4. The number of carbonyl (C=O) groups is 1. The van der Waals surface area contributed by atoms with Gasteiger partial charge in [-0.25, -0.2) is 13.2 Å². The number of halogens is 6. The molecule has 0 aromatic heterocycles. The zero-order valence-electron chi connectivity index (χ0n) is 12.7. The number of amides is 1. The molecule has 1 saturated heterocycles. The van der Waals surface area contributed by atoms with E-state index in [2.05, 4.69) is 10.6 Å². The summed E-state index contributed by atoms with van der Waals surface area (Å²) in [5.41, 5.74) is -2.11. The number of carbonyl (C=O) groups excluding carboxylic acids is 1. The van der Waals surface area contributed by atoms with Crippen molar-refractivity contribution in [2.45, 2.75) is 44.2 Å². The molecule has 0 radical (unpaired) electrons. The first-order valence-corrected chi connectivity index (χ1v) is 7.21. The third-order valence-electron chi connectivity index (χ3n) is 3.69. The van der Waals surface area contributed by atoms with Crippen LogP contribution in [0.15, 0.2) is 18.2 Å². The number of nitrogens with one attached hydrogen (secondary N) is 2. The lowest BCUT2D eigenvalue weighted by atomic mass is 10.0. The first-order chi connectivity index (χ1) is 11.0. The van der Waals surface area contributed by atoms with Crippen molar-refractivity contribution in [3.8, 4) is 0 Å². The SMILES string of the molecule is CC(F)(F)c1cc(CNC(=O)[C@@H]2C[C@H](F)CN2)cc(C(F)(F)F)c1. The third kappa shape index (κ3) is 4.62. The minimum Gasteiger partial charge on any atom is -0.351 e. The van der Waals surface area contributed by atoms with Crippen molar-refractivity contribution in [1.29, 1.82) is 0 Å². The van der Waals surface area contributed by atoms with Crippen LogP contribution in [0.25, 0.3) is 0 Å². The normalized spacial score (nSPS) is 21.8. The fourth-order valence-corrected chi connectivity index (χ4v) is 2.42. The molecule has 1 aromatic rings. The average molecular weight is 354 g/mol. The van der Waals surface area contributed by atoms with Gasteiger partial charge in [0.1, 0.15) is 6.17 Å². The fraction of sp³-hybridized carbons (Fsp3) is 0.533. The highest BCUT2D eigenvalue weighted by atomic mass is 19.4. The molecule has 0 spiro atoms. The zero-order chi connectivity index (χ0) is 18.1. The van der Waals surface area contributed by atoms with Crippen LogP contribution in [0.5, 0.6) is 0 Å². The Bertz CT molecular complexity index is 579. The number of alkyl halides is 6. The van der Waals surface area contributed by atoms with Crippen LogP contribution >= 0.6 is 0 Å². The average Bonchev–Trinajstić information content (AvgIpc) is 2.89. The second-order valence-electron chi connectivity index (χ2n) is 5.82. The van der Waals surface area contributed by atoms with Crippen LogP contribution < -0.4 is 10.6 Å². The monoisotopic (exact) mass is 354 g/mol. The van der Waals surface area contributed by atoms with E-state index in [1.165, 1.54) is 0 Å². The number of hydrogen-bond acceptors (Lipinski definition) is 2. The van der Waals surface area contributed by atoms with E-state index in [-0.39, 0.29) is 25.1 Å². The van der Waals surface area contributed by atoms with Gasteiger partial charge in [0.05, 0.1) is 11.6 Å². The van der Waals surface area contributed by atoms with Crippen molar-refractivity contribution in [3.63, 3.8) is 0 Å². The van der Waals surface area contributed by atoms with Gasteiger partial charge in [0.25, 0.3) is 5.92 Å². The maximum Gasteiger partial charge on any atom is 0.416 e. The van der Waals surface area contributed by atoms with E-state index in [9.17, 15) is 31.1 Å². The first kappa shape index (κ1) is 18.6. The van der Waals surface area contributed by atoms with Gasteiger partial charge in [-0.15, -0.1) is 0 Å². The Balaban J connectivity index is 2.15. The lowest BCUT2D eigenvalue weighted by Crippen LogP contribution is -2.40. The summed E-state index contributed by atoms with van der Waals surface area (Å²) < 4.78 is 78.3. The summed E-state index contributed by atoms with van der Waals surface area (Å²) in [4.78, 5) is 11.8. The Morgan fingerprint density at radius 3 is 2.33 bits per heavy atom. The predicted octanol–water partition coefficient (Wildman–Crippen LogP) is 3.13. The fourth-order valence-electron chi connectivity index (χ4n) is 2.42. The summed E-state index contributed by atoms with van der Waals surface area (Å²) in [6.07, 6.45) is -5.99. The van der Waals surface area contributed by atoms with Gasteiger partial charge in [-0.3, -0.25) is 4.79 Å². The van der Waals surface area contributed by atoms with Crippen LogP contribution in [0.4, 0.5) is 26.3 Å². The zero-order valence-corrected chi connectivity index (χ0v) is 12.7. The Labute approximate surface area is 134 Å². The Morgan fingerprint density at radius 1 is 1.21 bits per heavy atom. The third-order valence-corrected chi connectivity index (χ3v) is 3.69. The Morgan fingerprint density at radius 2 is 1.83 bits per heavy atom. The van der Waals surface area contributed by atoms with Crippen LogP contribution in [0.1, 0.15) is 30.0 Å². The van der Waals surface area contributed by atoms with Gasteiger partial charge in [-0.05, 0) is 23.8 Å². The quantitative estimate of drug-likeness (QED) is 0.816. The lowest BCUT2D eigenvalue weighted by Gasteiger charge is -2.17. The van der Waals surface area contributed by atoms with Crippen molar-refractivity contribution in [3.05, 3.63) is 34.9 Å². The van der Waals surface area contributed by atoms with Crippen molar-refractivity contribution >= 4 is 5.91 Å². The van der Waals surface area contributed by atoms with Gasteiger partial charge >= 0.3 is 6.18 Å². The molecular weight excluding hydrogens is 338 g/mol. The molecule has 134 valence electrons. The second-order valence-corrected chi connectivity index (χ2v) is 5.82. The topological polar surface area (TPSA) is 41.1 Å². The van der Waals surface area contributed by atoms with E-state index in [1.54, 1.807) is 0 Å². The van der Waals surface area contributed by atoms with E-state index in [0.29, 0.717) is 19.1 Å². The van der Waals surface area contributed by atoms with Crippen molar-refractivity contribution in [1.82, 2.24) is 10.6 Å². The maximum atomic E-state index is 13.4. The molecule has 1 fully saturated rings. The number of benzene rings is 1. The standard InChI is InChI=1S/C15H16F6N2O/c1-14(17,18)9-2-8(3-10(4-9)15(19,20)21)6-23-13(24)12-5-11(16)7-22-12/h2-4,11-12,22H,5-7H2,1H3,(H,23,24)/t11-,12-/m0/s1. The highest BCUT2D eigenvalue weighted by Gasteiger charge is 2.34. The molecule has 2 rings (SSSR count). The minimum absolute atomic E-state index is 0.0217. The van der Waals surface area contributed by atoms with Crippen LogP contribution in [-0.2, 0) is 23.4 Å². The van der Waals surface area contributed by atoms with E-state index in [0.717, 1.165) is 6.07 Å². The van der Waals surface area contributed by atoms with Crippen LogP contribution in [0.3, 0.4) is 0 Å². The van der Waals surface area contributed by atoms with Gasteiger partial charge in [0.15, 0.2) is 0 Å². The highest BCUT2D eigenvalue weighted by molar-refractivity contribution is 5.82. The molecular formula is C15H16F6N2O. The molecule has 0 bridgehead atoms. The van der Waals surface area contributed by atoms with Gasteiger partial charge < -0.3 is 10.6 Å². The summed E-state index contributed by atoms with van der Waals surface area (Å²) >= 11 is 0. The Hall–Kier alpha value is -1.77. The largest absolute Gasteiger partial charge is 0.416 e. The predicted molar refractivity (Wildman–Crippen MR) is 74.2 cm³/mol. The van der Waals surface area contributed by atoms with E-state index >= 15 is 0 Å². The molecule has 0 aliphatic carbocycles. The van der Waals surface area contributed by atoms with E-state index in [4.69, 9.17) is 0 Å². The number of rotatable bonds is 4. The molecule has 0 unspecified atom stereocenters. The van der Waals surface area contributed by atoms with Crippen molar-refractivity contribution in [2.75, 3.05) is 6.54 Å². The molecule has 1 heterocycles. The molecule has 1 aromatic carbocycles. The van der Waals surface area contributed by atoms with Gasteiger partial charge in [0.2, 0.25) is 5.91 Å². The van der Waals surface area contributed by atoms with Crippen molar-refractivity contribution in [2.24, 2.45) is 0 Å². The van der Waals surface area contributed by atoms with Gasteiger partial charge in [0, 0.05) is 32.0 Å². The van der Waals surface area contributed by atoms with Crippen LogP contribution in [0, 0.1) is 0 Å². The lowest BCUT2D eigenvalue weighted by molar-refractivity contribution is -0.137.